The number of carbonyl (C=O) groups is 1. The third kappa shape index (κ3) is 3.49. The van der Waals surface area contributed by atoms with Gasteiger partial charge in [-0.05, 0) is 24.3 Å². The molecule has 0 aliphatic heterocycles. The molecular formula is C17H16F3N7O3. The Hall–Kier alpha value is -3.77. The van der Waals surface area contributed by atoms with Crippen molar-refractivity contribution in [1.82, 2.24) is 29.3 Å². The van der Waals surface area contributed by atoms with Crippen molar-refractivity contribution in [3.8, 4) is 11.4 Å². The average molecular weight is 423 g/mol. The Balaban J connectivity index is 1.99. The molecule has 1 aromatic carbocycles. The Labute approximate surface area is 166 Å². The van der Waals surface area contributed by atoms with Gasteiger partial charge in [0.2, 0.25) is 5.82 Å². The number of benzene rings is 1. The molecule has 13 heteroatoms. The molecule has 2 heterocycles. The summed E-state index contributed by atoms with van der Waals surface area (Å²) in [6.45, 7) is 1.36. The number of anilines is 1. The van der Waals surface area contributed by atoms with Gasteiger partial charge in [0.25, 0.3) is 5.56 Å². The van der Waals surface area contributed by atoms with Crippen LogP contribution in [0.5, 0.6) is 0 Å². The van der Waals surface area contributed by atoms with E-state index in [9.17, 15) is 27.6 Å². The lowest BCUT2D eigenvalue weighted by molar-refractivity contribution is -0.137. The number of hydrogen-bond acceptors (Lipinski definition) is 7. The number of halogens is 3. The van der Waals surface area contributed by atoms with E-state index < -0.39 is 40.4 Å². The summed E-state index contributed by atoms with van der Waals surface area (Å²) in [6, 6.07) is 3.16. The zero-order valence-electron chi connectivity index (χ0n) is 16.0. The largest absolute Gasteiger partial charge is 0.416 e. The average Bonchev–Trinajstić information content (AvgIpc) is 3.20. The first-order valence-corrected chi connectivity index (χ1v) is 8.50. The maximum absolute atomic E-state index is 12.9. The SMILES string of the molecule is C[C@@H](C(=O)c1c(N)n(C)c(=O)n(C)c1=O)n1nnc(-c2cccc(C(F)(F)F)c2)n1. The second-order valence-corrected chi connectivity index (χ2v) is 6.52. The number of aromatic nitrogens is 6. The van der Waals surface area contributed by atoms with E-state index in [1.807, 2.05) is 0 Å². The number of carbonyl (C=O) groups excluding carboxylic acids is 1. The highest BCUT2D eigenvalue weighted by Gasteiger charge is 2.31. The van der Waals surface area contributed by atoms with Crippen molar-refractivity contribution in [2.75, 3.05) is 5.73 Å². The number of nitrogen functional groups attached to an aromatic ring is 1. The van der Waals surface area contributed by atoms with Crippen LogP contribution in [0.3, 0.4) is 0 Å². The van der Waals surface area contributed by atoms with Gasteiger partial charge in [-0.3, -0.25) is 18.7 Å². The molecular weight excluding hydrogens is 407 g/mol. The Morgan fingerprint density at radius 1 is 1.17 bits per heavy atom. The molecule has 0 spiro atoms. The molecule has 10 nitrogen and oxygen atoms in total. The molecule has 0 aliphatic rings. The van der Waals surface area contributed by atoms with E-state index in [4.69, 9.17) is 5.73 Å². The number of tetrazole rings is 1. The van der Waals surface area contributed by atoms with Gasteiger partial charge in [0.05, 0.1) is 5.56 Å². The second kappa shape index (κ2) is 7.24. The lowest BCUT2D eigenvalue weighted by Gasteiger charge is -2.13. The molecule has 3 aromatic rings. The number of ketones is 1. The quantitative estimate of drug-likeness (QED) is 0.614. The van der Waals surface area contributed by atoms with Crippen LogP contribution in [0.25, 0.3) is 11.4 Å². The van der Waals surface area contributed by atoms with E-state index in [1.165, 1.54) is 33.2 Å². The van der Waals surface area contributed by atoms with Crippen molar-refractivity contribution in [2.45, 2.75) is 19.1 Å². The highest BCUT2D eigenvalue weighted by molar-refractivity contribution is 6.02. The van der Waals surface area contributed by atoms with Crippen LogP contribution in [-0.2, 0) is 20.3 Å². The molecule has 0 saturated carbocycles. The fourth-order valence-corrected chi connectivity index (χ4v) is 2.74. The van der Waals surface area contributed by atoms with Crippen LogP contribution in [0.4, 0.5) is 19.0 Å². The predicted molar refractivity (Wildman–Crippen MR) is 98.6 cm³/mol. The van der Waals surface area contributed by atoms with E-state index in [0.29, 0.717) is 0 Å². The number of alkyl halides is 3. The van der Waals surface area contributed by atoms with E-state index in [2.05, 4.69) is 15.4 Å². The van der Waals surface area contributed by atoms with Crippen LogP contribution < -0.4 is 17.0 Å². The normalized spacial score (nSPS) is 12.7. The molecule has 2 aromatic heterocycles. The number of nitrogens with two attached hydrogens (primary N) is 1. The van der Waals surface area contributed by atoms with Gasteiger partial charge in [0.15, 0.2) is 5.78 Å². The van der Waals surface area contributed by atoms with E-state index in [1.54, 1.807) is 0 Å². The Kier molecular flexibility index (Phi) is 5.06. The van der Waals surface area contributed by atoms with Crippen molar-refractivity contribution in [2.24, 2.45) is 14.1 Å². The molecule has 0 aliphatic carbocycles. The highest BCUT2D eigenvalue weighted by Crippen LogP contribution is 2.31. The first-order chi connectivity index (χ1) is 13.9. The van der Waals surface area contributed by atoms with Crippen LogP contribution in [0, 0.1) is 0 Å². The first kappa shape index (κ1) is 21.0. The zero-order valence-corrected chi connectivity index (χ0v) is 16.0. The van der Waals surface area contributed by atoms with Gasteiger partial charge in [-0.2, -0.15) is 18.0 Å². The molecule has 0 fully saturated rings. The molecule has 3 rings (SSSR count). The van der Waals surface area contributed by atoms with E-state index in [0.717, 1.165) is 26.1 Å². The van der Waals surface area contributed by atoms with Crippen molar-refractivity contribution in [3.05, 3.63) is 56.2 Å². The predicted octanol–water partition coefficient (Wildman–Crippen LogP) is 0.782. The third-order valence-electron chi connectivity index (χ3n) is 4.56. The van der Waals surface area contributed by atoms with Crippen LogP contribution in [0.2, 0.25) is 0 Å². The van der Waals surface area contributed by atoms with Crippen LogP contribution in [0.1, 0.15) is 28.9 Å². The first-order valence-electron chi connectivity index (χ1n) is 8.50. The van der Waals surface area contributed by atoms with Crippen molar-refractivity contribution >= 4 is 11.6 Å². The van der Waals surface area contributed by atoms with Gasteiger partial charge in [-0.1, -0.05) is 12.1 Å². The van der Waals surface area contributed by atoms with Crippen molar-refractivity contribution in [1.29, 1.82) is 0 Å². The Morgan fingerprint density at radius 2 is 1.83 bits per heavy atom. The lowest BCUT2D eigenvalue weighted by atomic mass is 10.1. The van der Waals surface area contributed by atoms with E-state index >= 15 is 0 Å². The molecule has 0 radical (unpaired) electrons. The summed E-state index contributed by atoms with van der Waals surface area (Å²) in [7, 11) is 2.50. The highest BCUT2D eigenvalue weighted by atomic mass is 19.4. The van der Waals surface area contributed by atoms with Crippen LogP contribution in [-0.4, -0.2) is 35.1 Å². The second-order valence-electron chi connectivity index (χ2n) is 6.52. The van der Waals surface area contributed by atoms with Crippen LogP contribution >= 0.6 is 0 Å². The minimum atomic E-state index is -4.55. The monoisotopic (exact) mass is 423 g/mol. The maximum atomic E-state index is 12.9. The summed E-state index contributed by atoms with van der Waals surface area (Å²) in [5, 5.41) is 11.4. The fourth-order valence-electron chi connectivity index (χ4n) is 2.74. The fraction of sp³-hybridized carbons (Fsp3) is 0.294. The summed E-state index contributed by atoms with van der Waals surface area (Å²) in [5.74, 6) is -1.24. The van der Waals surface area contributed by atoms with Gasteiger partial charge in [-0.15, -0.1) is 10.2 Å². The summed E-state index contributed by atoms with van der Waals surface area (Å²) in [4.78, 5) is 38.0. The van der Waals surface area contributed by atoms with Crippen LogP contribution in [0.15, 0.2) is 33.9 Å². The van der Waals surface area contributed by atoms with Gasteiger partial charge >= 0.3 is 11.9 Å². The summed E-state index contributed by atoms with van der Waals surface area (Å²) < 4.78 is 40.4. The minimum absolute atomic E-state index is 0.0493. The number of hydrogen-bond donors (Lipinski definition) is 1. The third-order valence-corrected chi connectivity index (χ3v) is 4.56. The standard InChI is InChI=1S/C17H16F3N7O3/c1-8(12(28)11-13(21)25(2)16(30)26(3)15(11)29)27-23-14(22-24-27)9-5-4-6-10(7-9)17(18,19)20/h4-8H,21H2,1-3H3/t8-/m0/s1. The van der Waals surface area contributed by atoms with Gasteiger partial charge in [0.1, 0.15) is 17.4 Å². The topological polar surface area (TPSA) is 131 Å². The summed E-state index contributed by atoms with van der Waals surface area (Å²) >= 11 is 0. The minimum Gasteiger partial charge on any atom is -0.384 e. The molecule has 0 bridgehead atoms. The molecule has 0 unspecified atom stereocenters. The number of rotatable bonds is 4. The lowest BCUT2D eigenvalue weighted by Crippen LogP contribution is -2.42. The molecule has 0 amide bonds. The molecule has 2 N–H and O–H groups in total. The van der Waals surface area contributed by atoms with Gasteiger partial charge in [-0.25, -0.2) is 4.79 Å². The van der Waals surface area contributed by atoms with E-state index in [-0.39, 0.29) is 17.2 Å². The molecule has 1 atom stereocenters. The number of nitrogens with zero attached hydrogens (tertiary/aromatic N) is 6. The van der Waals surface area contributed by atoms with Gasteiger partial charge in [0, 0.05) is 19.7 Å². The van der Waals surface area contributed by atoms with Gasteiger partial charge < -0.3 is 5.73 Å². The van der Waals surface area contributed by atoms with Crippen molar-refractivity contribution in [3.63, 3.8) is 0 Å². The molecule has 30 heavy (non-hydrogen) atoms. The summed E-state index contributed by atoms with van der Waals surface area (Å²) in [5.41, 5.74) is 2.93. The number of Topliss-reactive ketones (excluding diaryl/α,β-unsaturated/α-hetero) is 1. The molecule has 158 valence electrons. The maximum Gasteiger partial charge on any atom is 0.416 e. The zero-order chi connectivity index (χ0) is 22.4. The smallest absolute Gasteiger partial charge is 0.384 e. The van der Waals surface area contributed by atoms with Crippen molar-refractivity contribution < 1.29 is 18.0 Å². The Bertz CT molecular complexity index is 1260. The molecule has 0 saturated heterocycles. The Morgan fingerprint density at radius 3 is 2.47 bits per heavy atom. The summed E-state index contributed by atoms with van der Waals surface area (Å²) in [6.07, 6.45) is -4.55.